The molecular formula is C23H24FNO2. The summed E-state index contributed by atoms with van der Waals surface area (Å²) in [4.78, 5) is 15.8. The van der Waals surface area contributed by atoms with Crippen molar-refractivity contribution in [1.29, 1.82) is 0 Å². The van der Waals surface area contributed by atoms with Crippen LogP contribution in [0.3, 0.4) is 0 Å². The van der Waals surface area contributed by atoms with Gasteiger partial charge in [-0.25, -0.2) is 9.18 Å². The fourth-order valence-corrected chi connectivity index (χ4v) is 3.53. The molecule has 3 nitrogen and oxygen atoms in total. The highest BCUT2D eigenvalue weighted by atomic mass is 19.1. The van der Waals surface area contributed by atoms with Gasteiger partial charge >= 0.3 is 5.97 Å². The van der Waals surface area contributed by atoms with Crippen molar-refractivity contribution in [3.05, 3.63) is 81.8 Å². The maximum atomic E-state index is 14.2. The molecule has 1 N–H and O–H groups in total. The van der Waals surface area contributed by atoms with Gasteiger partial charge in [-0.05, 0) is 73.9 Å². The molecule has 2 aromatic rings. The first-order chi connectivity index (χ1) is 13.0. The Kier molecular flexibility index (Phi) is 5.84. The third kappa shape index (κ3) is 4.33. The summed E-state index contributed by atoms with van der Waals surface area (Å²) in [6.07, 6.45) is 7.73. The first-order valence-corrected chi connectivity index (χ1v) is 9.27. The van der Waals surface area contributed by atoms with Crippen molar-refractivity contribution in [3.63, 3.8) is 0 Å². The van der Waals surface area contributed by atoms with Gasteiger partial charge in [0, 0.05) is 17.8 Å². The van der Waals surface area contributed by atoms with E-state index in [-0.39, 0.29) is 11.5 Å². The number of hydrogen-bond donors (Lipinski definition) is 1. The van der Waals surface area contributed by atoms with Crippen LogP contribution in [0.4, 0.5) is 4.39 Å². The Labute approximate surface area is 159 Å². The third-order valence-electron chi connectivity index (χ3n) is 5.21. The largest absolute Gasteiger partial charge is 0.478 e. The van der Waals surface area contributed by atoms with Gasteiger partial charge in [0.05, 0.1) is 5.56 Å². The lowest BCUT2D eigenvalue weighted by molar-refractivity contribution is 0.0692. The highest BCUT2D eigenvalue weighted by Gasteiger charge is 2.21. The summed E-state index contributed by atoms with van der Waals surface area (Å²) < 4.78 is 14.2. The van der Waals surface area contributed by atoms with Crippen molar-refractivity contribution in [2.75, 3.05) is 0 Å². The second kappa shape index (κ2) is 8.30. The highest BCUT2D eigenvalue weighted by Crippen LogP contribution is 2.34. The zero-order chi connectivity index (χ0) is 19.4. The van der Waals surface area contributed by atoms with Gasteiger partial charge in [0.1, 0.15) is 5.82 Å². The molecule has 0 fully saturated rings. The van der Waals surface area contributed by atoms with Crippen LogP contribution >= 0.6 is 0 Å². The van der Waals surface area contributed by atoms with E-state index >= 15 is 0 Å². The number of hydrogen-bond acceptors (Lipinski definition) is 2. The molecule has 0 saturated carbocycles. The molecule has 0 amide bonds. The molecule has 1 aliphatic rings. The minimum Gasteiger partial charge on any atom is -0.478 e. The summed E-state index contributed by atoms with van der Waals surface area (Å²) >= 11 is 0. The molecule has 2 aromatic carbocycles. The van der Waals surface area contributed by atoms with Crippen molar-refractivity contribution >= 4 is 12.2 Å². The van der Waals surface area contributed by atoms with E-state index < -0.39 is 11.8 Å². The van der Waals surface area contributed by atoms with Crippen LogP contribution in [-0.4, -0.2) is 17.3 Å². The topological polar surface area (TPSA) is 49.7 Å². The van der Waals surface area contributed by atoms with Crippen LogP contribution in [0, 0.1) is 19.7 Å². The molecule has 1 aliphatic heterocycles. The molecule has 3 rings (SSSR count). The summed E-state index contributed by atoms with van der Waals surface area (Å²) in [5.74, 6) is -1.94. The maximum Gasteiger partial charge on any atom is 0.338 e. The van der Waals surface area contributed by atoms with Crippen molar-refractivity contribution in [1.82, 2.24) is 0 Å². The van der Waals surface area contributed by atoms with Gasteiger partial charge in [0.2, 0.25) is 0 Å². The Morgan fingerprint density at radius 1 is 1.22 bits per heavy atom. The number of benzene rings is 2. The number of aryl methyl sites for hydroxylation is 1. The summed E-state index contributed by atoms with van der Waals surface area (Å²) in [6.45, 7) is 4.19. The smallest absolute Gasteiger partial charge is 0.338 e. The predicted molar refractivity (Wildman–Crippen MR) is 106 cm³/mol. The number of rotatable bonds is 5. The SMILES string of the molecule is Cc1cccc(C(Cc2ccc(C(=O)O)c(F)c2)C2=CCCCC=N2)c1C. The van der Waals surface area contributed by atoms with Gasteiger partial charge in [-0.15, -0.1) is 0 Å². The zero-order valence-electron chi connectivity index (χ0n) is 15.7. The van der Waals surface area contributed by atoms with E-state index in [9.17, 15) is 9.18 Å². The lowest BCUT2D eigenvalue weighted by Crippen LogP contribution is -2.09. The molecule has 1 atom stereocenters. The number of carboxylic acids is 1. The first-order valence-electron chi connectivity index (χ1n) is 9.27. The standard InChI is InChI=1S/C23H24FNO2/c1-15-7-6-8-18(16(15)2)20(22-9-4-3-5-12-25-22)13-17-10-11-19(23(26)27)21(24)14-17/h6-12,14,20H,3-5,13H2,1-2H3,(H,26,27). The molecule has 0 aromatic heterocycles. The second-order valence-electron chi connectivity index (χ2n) is 7.04. The Morgan fingerprint density at radius 2 is 2.04 bits per heavy atom. The summed E-state index contributed by atoms with van der Waals surface area (Å²) in [5.41, 5.74) is 5.08. The Morgan fingerprint density at radius 3 is 2.78 bits per heavy atom. The number of carboxylic acid groups (broad SMARTS) is 1. The molecule has 1 unspecified atom stereocenters. The summed E-state index contributed by atoms with van der Waals surface area (Å²) in [6, 6.07) is 10.6. The van der Waals surface area contributed by atoms with E-state index in [2.05, 4.69) is 37.0 Å². The molecular weight excluding hydrogens is 341 g/mol. The van der Waals surface area contributed by atoms with Gasteiger partial charge < -0.3 is 5.11 Å². The fourth-order valence-electron chi connectivity index (χ4n) is 3.53. The Hall–Kier alpha value is -2.75. The minimum atomic E-state index is -1.25. The molecule has 4 heteroatoms. The van der Waals surface area contributed by atoms with Crippen LogP contribution in [0.25, 0.3) is 0 Å². The number of halogens is 1. The molecule has 0 radical (unpaired) electrons. The van der Waals surface area contributed by atoms with Crippen LogP contribution in [0.5, 0.6) is 0 Å². The minimum absolute atomic E-state index is 0.00864. The molecule has 0 saturated heterocycles. The molecule has 0 spiro atoms. The van der Waals surface area contributed by atoms with Crippen molar-refractivity contribution in [2.45, 2.75) is 45.4 Å². The molecule has 140 valence electrons. The van der Waals surface area contributed by atoms with Crippen molar-refractivity contribution in [2.24, 2.45) is 4.99 Å². The van der Waals surface area contributed by atoms with Crippen LogP contribution in [0.1, 0.15) is 57.8 Å². The van der Waals surface area contributed by atoms with Crippen LogP contribution in [0.15, 0.2) is 53.2 Å². The van der Waals surface area contributed by atoms with E-state index in [0.717, 1.165) is 30.5 Å². The molecule has 0 aliphatic carbocycles. The quantitative estimate of drug-likeness (QED) is 0.749. The zero-order valence-corrected chi connectivity index (χ0v) is 15.7. The molecule has 1 heterocycles. The van der Waals surface area contributed by atoms with E-state index in [1.54, 1.807) is 6.07 Å². The van der Waals surface area contributed by atoms with Gasteiger partial charge in [-0.3, -0.25) is 4.99 Å². The monoisotopic (exact) mass is 365 g/mol. The van der Waals surface area contributed by atoms with Gasteiger partial charge in [-0.2, -0.15) is 0 Å². The summed E-state index contributed by atoms with van der Waals surface area (Å²) in [5, 5.41) is 9.05. The lowest BCUT2D eigenvalue weighted by Gasteiger charge is -2.22. The van der Waals surface area contributed by atoms with Crippen LogP contribution < -0.4 is 0 Å². The van der Waals surface area contributed by atoms with E-state index in [0.29, 0.717) is 6.42 Å². The molecule has 27 heavy (non-hydrogen) atoms. The van der Waals surface area contributed by atoms with Gasteiger partial charge in [0.15, 0.2) is 0 Å². The Balaban J connectivity index is 2.02. The van der Waals surface area contributed by atoms with Crippen molar-refractivity contribution in [3.8, 4) is 0 Å². The van der Waals surface area contributed by atoms with E-state index in [4.69, 9.17) is 5.11 Å². The third-order valence-corrected chi connectivity index (χ3v) is 5.21. The van der Waals surface area contributed by atoms with Crippen LogP contribution in [0.2, 0.25) is 0 Å². The van der Waals surface area contributed by atoms with Crippen LogP contribution in [-0.2, 0) is 6.42 Å². The maximum absolute atomic E-state index is 14.2. The average molecular weight is 365 g/mol. The predicted octanol–water partition coefficient (Wildman–Crippen LogP) is 5.61. The van der Waals surface area contributed by atoms with Gasteiger partial charge in [-0.1, -0.05) is 30.3 Å². The molecule has 0 bridgehead atoms. The van der Waals surface area contributed by atoms with E-state index in [1.807, 2.05) is 12.3 Å². The average Bonchev–Trinajstić information content (AvgIpc) is 2.91. The fraction of sp³-hybridized carbons (Fsp3) is 0.304. The highest BCUT2D eigenvalue weighted by molar-refractivity contribution is 5.87. The number of aliphatic imine (C=N–C) groups is 1. The Bertz CT molecular complexity index is 915. The van der Waals surface area contributed by atoms with Gasteiger partial charge in [0.25, 0.3) is 0 Å². The lowest BCUT2D eigenvalue weighted by atomic mass is 9.85. The normalized spacial score (nSPS) is 15.1. The number of aromatic carboxylic acids is 1. The second-order valence-corrected chi connectivity index (χ2v) is 7.04. The number of nitrogens with zero attached hydrogens (tertiary/aromatic N) is 1. The number of allylic oxidation sites excluding steroid dienone is 2. The first kappa shape index (κ1) is 19.0. The number of carbonyl (C=O) groups is 1. The van der Waals surface area contributed by atoms with Crippen molar-refractivity contribution < 1.29 is 14.3 Å². The summed E-state index contributed by atoms with van der Waals surface area (Å²) in [7, 11) is 0. The van der Waals surface area contributed by atoms with E-state index in [1.165, 1.54) is 28.8 Å².